The van der Waals surface area contributed by atoms with Crippen LogP contribution < -0.4 is 5.73 Å². The largest absolute Gasteiger partial charge is 0.326 e. The van der Waals surface area contributed by atoms with Crippen molar-refractivity contribution >= 4 is 27.7 Å². The minimum Gasteiger partial charge on any atom is -0.326 e. The average Bonchev–Trinajstić information content (AvgIpc) is 2.46. The van der Waals surface area contributed by atoms with Crippen molar-refractivity contribution in [3.05, 3.63) is 34.3 Å². The van der Waals surface area contributed by atoms with E-state index in [1.165, 1.54) is 5.56 Å². The molecule has 2 nitrogen and oxygen atoms in total. The van der Waals surface area contributed by atoms with Crippen LogP contribution in [0.5, 0.6) is 0 Å². The Bertz CT molecular complexity index is 400. The summed E-state index contributed by atoms with van der Waals surface area (Å²) < 4.78 is 1.15. The van der Waals surface area contributed by atoms with Gasteiger partial charge in [-0.05, 0) is 37.8 Å². The van der Waals surface area contributed by atoms with Crippen LogP contribution in [0, 0.1) is 0 Å². The summed E-state index contributed by atoms with van der Waals surface area (Å²) in [7, 11) is 2.21. The quantitative estimate of drug-likeness (QED) is 0.750. The lowest BCUT2D eigenvalue weighted by Crippen LogP contribution is -2.44. The third kappa shape index (κ3) is 4.48. The van der Waals surface area contributed by atoms with Crippen LogP contribution in [0.25, 0.3) is 0 Å². The van der Waals surface area contributed by atoms with Gasteiger partial charge in [0.25, 0.3) is 0 Å². The highest BCUT2D eigenvalue weighted by molar-refractivity contribution is 9.10. The maximum Gasteiger partial charge on any atom is 0.0510 e. The van der Waals surface area contributed by atoms with Crippen molar-refractivity contribution in [1.82, 2.24) is 4.90 Å². The number of rotatable bonds is 8. The summed E-state index contributed by atoms with van der Waals surface area (Å²) in [5.41, 5.74) is 7.73. The van der Waals surface area contributed by atoms with Crippen molar-refractivity contribution < 1.29 is 0 Å². The van der Waals surface area contributed by atoms with Gasteiger partial charge in [0, 0.05) is 22.3 Å². The third-order valence-corrected chi connectivity index (χ3v) is 5.39. The lowest BCUT2D eigenvalue weighted by atomic mass is 9.95. The molecule has 0 saturated heterocycles. The van der Waals surface area contributed by atoms with E-state index in [1.807, 2.05) is 11.8 Å². The summed E-state index contributed by atoms with van der Waals surface area (Å²) in [6.45, 7) is 4.42. The summed E-state index contributed by atoms with van der Waals surface area (Å²) in [6, 6.07) is 9.41. The second-order valence-electron chi connectivity index (χ2n) is 5.22. The molecule has 114 valence electrons. The molecule has 3 atom stereocenters. The lowest BCUT2D eigenvalue weighted by Gasteiger charge is -2.38. The molecule has 1 aromatic rings. The molecule has 4 heteroatoms. The van der Waals surface area contributed by atoms with E-state index in [-0.39, 0.29) is 12.1 Å². The van der Waals surface area contributed by atoms with Crippen LogP contribution in [0.3, 0.4) is 0 Å². The van der Waals surface area contributed by atoms with Crippen molar-refractivity contribution in [2.45, 2.75) is 44.8 Å². The maximum atomic E-state index is 6.44. The smallest absolute Gasteiger partial charge is 0.0510 e. The number of benzene rings is 1. The van der Waals surface area contributed by atoms with Gasteiger partial charge in [0.05, 0.1) is 6.04 Å². The molecule has 0 aliphatic carbocycles. The normalized spacial score (nSPS) is 16.1. The van der Waals surface area contributed by atoms with Crippen molar-refractivity contribution in [3.8, 4) is 0 Å². The molecule has 0 amide bonds. The zero-order valence-corrected chi connectivity index (χ0v) is 15.4. The predicted octanol–water partition coefficient (Wildman–Crippen LogP) is 4.30. The average molecular weight is 359 g/mol. The predicted molar refractivity (Wildman–Crippen MR) is 95.4 cm³/mol. The molecule has 0 spiro atoms. The van der Waals surface area contributed by atoms with E-state index < -0.39 is 0 Å². The molecule has 0 saturated carbocycles. The monoisotopic (exact) mass is 358 g/mol. The van der Waals surface area contributed by atoms with Crippen molar-refractivity contribution in [3.63, 3.8) is 0 Å². The number of nitrogens with zero attached hydrogens (tertiary/aromatic N) is 1. The summed E-state index contributed by atoms with van der Waals surface area (Å²) >= 11 is 5.59. The van der Waals surface area contributed by atoms with Crippen LogP contribution in [0.4, 0.5) is 0 Å². The number of halogens is 1. The molecule has 0 radical (unpaired) electrons. The van der Waals surface area contributed by atoms with Gasteiger partial charge in [-0.3, -0.25) is 4.90 Å². The highest BCUT2D eigenvalue weighted by Crippen LogP contribution is 2.32. The fourth-order valence-electron chi connectivity index (χ4n) is 2.63. The summed E-state index contributed by atoms with van der Waals surface area (Å²) in [5, 5.41) is 0. The summed E-state index contributed by atoms with van der Waals surface area (Å²) in [5.74, 6) is 1.14. The molecule has 3 unspecified atom stereocenters. The van der Waals surface area contributed by atoms with Gasteiger partial charge in [0.2, 0.25) is 0 Å². The minimum atomic E-state index is 0.148. The standard InChI is InChI=1S/C16H27BrN2S/c1-5-12(11-20-4)19(3)16(15(18)6-2)13-9-7-8-10-14(13)17/h7-10,12,15-16H,5-6,11,18H2,1-4H3. The van der Waals surface area contributed by atoms with E-state index in [4.69, 9.17) is 5.73 Å². The number of likely N-dealkylation sites (N-methyl/N-ethyl adjacent to an activating group) is 1. The van der Waals surface area contributed by atoms with Gasteiger partial charge in [-0.15, -0.1) is 0 Å². The number of nitrogens with two attached hydrogens (primary N) is 1. The maximum absolute atomic E-state index is 6.44. The molecule has 0 bridgehead atoms. The van der Waals surface area contributed by atoms with Gasteiger partial charge in [0.1, 0.15) is 0 Å². The first-order valence-electron chi connectivity index (χ1n) is 7.27. The topological polar surface area (TPSA) is 29.3 Å². The molecular weight excluding hydrogens is 332 g/mol. The molecule has 0 aliphatic heterocycles. The van der Waals surface area contributed by atoms with E-state index in [1.54, 1.807) is 0 Å². The van der Waals surface area contributed by atoms with E-state index >= 15 is 0 Å². The van der Waals surface area contributed by atoms with Crippen LogP contribution in [0.1, 0.15) is 38.3 Å². The van der Waals surface area contributed by atoms with Gasteiger partial charge < -0.3 is 5.73 Å². The zero-order chi connectivity index (χ0) is 15.1. The number of thioether (sulfide) groups is 1. The van der Waals surface area contributed by atoms with Crippen LogP contribution >= 0.6 is 27.7 Å². The third-order valence-electron chi connectivity index (χ3n) is 3.95. The van der Waals surface area contributed by atoms with Crippen LogP contribution in [-0.4, -0.2) is 36.0 Å². The Morgan fingerprint density at radius 1 is 1.25 bits per heavy atom. The molecule has 0 heterocycles. The van der Waals surface area contributed by atoms with Gasteiger partial charge in [0.15, 0.2) is 0 Å². The molecular formula is C16H27BrN2S. The van der Waals surface area contributed by atoms with Gasteiger partial charge in [-0.2, -0.15) is 11.8 Å². The van der Waals surface area contributed by atoms with E-state index in [0.29, 0.717) is 6.04 Å². The lowest BCUT2D eigenvalue weighted by molar-refractivity contribution is 0.157. The van der Waals surface area contributed by atoms with Crippen molar-refractivity contribution in [2.24, 2.45) is 5.73 Å². The minimum absolute atomic E-state index is 0.148. The Labute approximate surface area is 136 Å². The molecule has 0 fully saturated rings. The molecule has 1 rings (SSSR count). The first-order valence-corrected chi connectivity index (χ1v) is 9.46. The molecule has 0 aliphatic rings. The second kappa shape index (κ2) is 9.08. The van der Waals surface area contributed by atoms with Gasteiger partial charge in [-0.25, -0.2) is 0 Å². The Balaban J connectivity index is 3.09. The van der Waals surface area contributed by atoms with E-state index in [2.05, 4.69) is 72.2 Å². The van der Waals surface area contributed by atoms with Crippen molar-refractivity contribution in [1.29, 1.82) is 0 Å². The van der Waals surface area contributed by atoms with E-state index in [0.717, 1.165) is 23.1 Å². The van der Waals surface area contributed by atoms with Gasteiger partial charge >= 0.3 is 0 Å². The van der Waals surface area contributed by atoms with Gasteiger partial charge in [-0.1, -0.05) is 48.0 Å². The molecule has 0 aromatic heterocycles. The first kappa shape index (κ1) is 18.0. The highest BCUT2D eigenvalue weighted by atomic mass is 79.9. The first-order chi connectivity index (χ1) is 9.56. The zero-order valence-electron chi connectivity index (χ0n) is 13.0. The Morgan fingerprint density at radius 3 is 2.40 bits per heavy atom. The fraction of sp³-hybridized carbons (Fsp3) is 0.625. The Hall–Kier alpha value is -0.0300. The summed E-state index contributed by atoms with van der Waals surface area (Å²) in [4.78, 5) is 2.46. The van der Waals surface area contributed by atoms with Crippen molar-refractivity contribution in [2.75, 3.05) is 19.1 Å². The molecule has 2 N–H and O–H groups in total. The molecule has 1 aromatic carbocycles. The SMILES string of the molecule is CCC(N)C(c1ccccc1Br)N(C)C(CC)CSC. The van der Waals surface area contributed by atoms with Crippen LogP contribution in [-0.2, 0) is 0 Å². The highest BCUT2D eigenvalue weighted by Gasteiger charge is 2.28. The Morgan fingerprint density at radius 2 is 1.90 bits per heavy atom. The number of hydrogen-bond acceptors (Lipinski definition) is 3. The molecule has 20 heavy (non-hydrogen) atoms. The second-order valence-corrected chi connectivity index (χ2v) is 6.99. The Kier molecular flexibility index (Phi) is 8.18. The number of hydrogen-bond donors (Lipinski definition) is 1. The van der Waals surface area contributed by atoms with Crippen LogP contribution in [0.15, 0.2) is 28.7 Å². The van der Waals surface area contributed by atoms with E-state index in [9.17, 15) is 0 Å². The fourth-order valence-corrected chi connectivity index (χ4v) is 4.01. The summed E-state index contributed by atoms with van der Waals surface area (Å²) in [6.07, 6.45) is 4.30. The van der Waals surface area contributed by atoms with Crippen LogP contribution in [0.2, 0.25) is 0 Å².